The first-order valence-electron chi connectivity index (χ1n) is 11.3. The second kappa shape index (κ2) is 12.3. The Kier molecular flexibility index (Phi) is 9.15. The summed E-state index contributed by atoms with van der Waals surface area (Å²) < 4.78 is 5.24. The Morgan fingerprint density at radius 1 is 1.13 bits per heavy atom. The number of carboxylic acid groups (broad SMARTS) is 1. The number of nitro groups is 1. The number of carbonyl (C=O) groups is 5. The van der Waals surface area contributed by atoms with Gasteiger partial charge in [-0.1, -0.05) is 0 Å². The van der Waals surface area contributed by atoms with Crippen LogP contribution in [0.4, 0.5) is 17.1 Å². The zero-order valence-corrected chi connectivity index (χ0v) is 20.9. The van der Waals surface area contributed by atoms with Crippen molar-refractivity contribution >= 4 is 58.6 Å². The lowest BCUT2D eigenvalue weighted by Gasteiger charge is -2.18. The van der Waals surface area contributed by atoms with Gasteiger partial charge in [-0.3, -0.25) is 29.3 Å². The molecule has 1 aliphatic heterocycles. The monoisotopic (exact) mass is 544 g/mol. The van der Waals surface area contributed by atoms with Gasteiger partial charge < -0.3 is 25.8 Å². The summed E-state index contributed by atoms with van der Waals surface area (Å²) >= 11 is 3.82. The number of nitrogens with one attached hydrogen (secondary N) is 3. The minimum Gasteiger partial charge on any atom is -0.478 e. The van der Waals surface area contributed by atoms with Crippen LogP contribution >= 0.6 is 12.6 Å². The molecule has 38 heavy (non-hydrogen) atoms. The van der Waals surface area contributed by atoms with E-state index < -0.39 is 51.7 Å². The van der Waals surface area contributed by atoms with Gasteiger partial charge in [-0.05, 0) is 48.2 Å². The molecule has 4 N–H and O–H groups in total. The highest BCUT2D eigenvalue weighted by Crippen LogP contribution is 2.28. The smallest absolute Gasteiger partial charge is 0.335 e. The van der Waals surface area contributed by atoms with Gasteiger partial charge in [0, 0.05) is 37.0 Å². The van der Waals surface area contributed by atoms with E-state index >= 15 is 0 Å². The molecule has 0 spiro atoms. The van der Waals surface area contributed by atoms with Crippen LogP contribution in [0.2, 0.25) is 0 Å². The van der Waals surface area contributed by atoms with Crippen molar-refractivity contribution in [1.29, 1.82) is 0 Å². The van der Waals surface area contributed by atoms with Gasteiger partial charge in [-0.15, -0.1) is 12.6 Å². The van der Waals surface area contributed by atoms with Crippen molar-refractivity contribution in [2.75, 3.05) is 17.2 Å². The third kappa shape index (κ3) is 7.36. The highest BCUT2D eigenvalue weighted by atomic mass is 32.1. The molecule has 0 aliphatic carbocycles. The topological polar surface area (TPSA) is 194 Å². The van der Waals surface area contributed by atoms with Gasteiger partial charge in [0.05, 0.1) is 16.5 Å². The number of anilines is 2. The van der Waals surface area contributed by atoms with Gasteiger partial charge in [-0.2, -0.15) is 0 Å². The van der Waals surface area contributed by atoms with Crippen LogP contribution in [-0.4, -0.2) is 51.5 Å². The molecule has 200 valence electrons. The second-order valence-electron chi connectivity index (χ2n) is 8.58. The average Bonchev–Trinajstić information content (AvgIpc) is 3.32. The average molecular weight is 545 g/mol. The normalized spacial score (nSPS) is 17.2. The number of carboxylic acids is 1. The van der Waals surface area contributed by atoms with E-state index in [0.29, 0.717) is 5.56 Å². The summed E-state index contributed by atoms with van der Waals surface area (Å²) in [7, 11) is 0. The van der Waals surface area contributed by atoms with Crippen LogP contribution in [0, 0.1) is 22.0 Å². The molecule has 0 aromatic heterocycles. The number of esters is 1. The fraction of sp³-hybridized carbons (Fsp3) is 0.292. The van der Waals surface area contributed by atoms with Crippen LogP contribution in [0.5, 0.6) is 0 Å². The Balaban J connectivity index is 1.63. The van der Waals surface area contributed by atoms with Crippen molar-refractivity contribution in [2.24, 2.45) is 11.8 Å². The van der Waals surface area contributed by atoms with Crippen LogP contribution in [-0.2, 0) is 30.5 Å². The minimum atomic E-state index is -1.26. The number of rotatable bonds is 10. The van der Waals surface area contributed by atoms with Crippen molar-refractivity contribution in [3.63, 3.8) is 0 Å². The van der Waals surface area contributed by atoms with E-state index in [9.17, 15) is 39.2 Å². The van der Waals surface area contributed by atoms with Crippen molar-refractivity contribution in [3.05, 3.63) is 63.7 Å². The fourth-order valence-corrected chi connectivity index (χ4v) is 4.31. The van der Waals surface area contributed by atoms with E-state index in [1.165, 1.54) is 49.4 Å². The molecule has 1 aliphatic rings. The van der Waals surface area contributed by atoms with E-state index in [1.54, 1.807) is 0 Å². The largest absolute Gasteiger partial charge is 0.478 e. The summed E-state index contributed by atoms with van der Waals surface area (Å²) in [5.74, 6) is -4.93. The van der Waals surface area contributed by atoms with Gasteiger partial charge in [0.15, 0.2) is 5.12 Å². The first-order chi connectivity index (χ1) is 17.9. The van der Waals surface area contributed by atoms with Crippen molar-refractivity contribution in [3.8, 4) is 0 Å². The highest BCUT2D eigenvalue weighted by molar-refractivity contribution is 7.96. The lowest BCUT2D eigenvalue weighted by molar-refractivity contribution is -0.384. The number of thiol groups is 1. The molecule has 0 radical (unpaired) electrons. The molecule has 1 saturated heterocycles. The van der Waals surface area contributed by atoms with Crippen LogP contribution in [0.25, 0.3) is 0 Å². The molecule has 3 rings (SSSR count). The number of nitro benzene ring substituents is 1. The maximum atomic E-state index is 12.8. The number of amides is 2. The maximum absolute atomic E-state index is 12.8. The van der Waals surface area contributed by atoms with Gasteiger partial charge in [0.1, 0.15) is 12.5 Å². The molecule has 1 heterocycles. The Labute approximate surface area is 221 Å². The highest BCUT2D eigenvalue weighted by Gasteiger charge is 2.41. The fourth-order valence-electron chi connectivity index (χ4n) is 4.00. The molecule has 14 heteroatoms. The molecular formula is C24H24N4O9S. The van der Waals surface area contributed by atoms with Crippen molar-refractivity contribution < 1.29 is 38.7 Å². The Morgan fingerprint density at radius 2 is 1.76 bits per heavy atom. The molecule has 2 aromatic carbocycles. The number of aromatic carboxylic acids is 1. The number of benzene rings is 2. The third-order valence-corrected chi connectivity index (χ3v) is 6.05. The third-order valence-electron chi connectivity index (χ3n) is 5.77. The van der Waals surface area contributed by atoms with Gasteiger partial charge in [-0.25, -0.2) is 4.79 Å². The predicted octanol–water partition coefficient (Wildman–Crippen LogP) is 1.98. The summed E-state index contributed by atoms with van der Waals surface area (Å²) in [5.41, 5.74) is 0.527. The van der Waals surface area contributed by atoms with Crippen LogP contribution in [0.15, 0.2) is 42.5 Å². The predicted molar refractivity (Wildman–Crippen MR) is 137 cm³/mol. The summed E-state index contributed by atoms with van der Waals surface area (Å²) in [6, 6.07) is 8.44. The SMILES string of the molecule is CC(=O)Nc1cc(NC(=O)[C@@H]2C[C@@H](C(C(=O)S)C(=O)OCc3ccc([N+](=O)[O-])cc3)CN2)cc(C(=O)O)c1. The number of non-ortho nitro benzene ring substituents is 1. The molecule has 13 nitrogen and oxygen atoms in total. The number of ether oxygens (including phenoxy) is 1. The van der Waals surface area contributed by atoms with Crippen LogP contribution in [0.3, 0.4) is 0 Å². The Morgan fingerprint density at radius 3 is 2.32 bits per heavy atom. The summed E-state index contributed by atoms with van der Waals surface area (Å²) in [4.78, 5) is 70.7. The van der Waals surface area contributed by atoms with E-state index in [1.807, 2.05) is 0 Å². The first-order valence-corrected chi connectivity index (χ1v) is 11.7. The number of hydrogen-bond acceptors (Lipinski definition) is 9. The lowest BCUT2D eigenvalue weighted by atomic mass is 9.90. The van der Waals surface area contributed by atoms with Crippen LogP contribution in [0.1, 0.15) is 29.3 Å². The second-order valence-corrected chi connectivity index (χ2v) is 9.02. The zero-order chi connectivity index (χ0) is 28.0. The lowest BCUT2D eigenvalue weighted by Crippen LogP contribution is -2.35. The quantitative estimate of drug-likeness (QED) is 0.0970. The van der Waals surface area contributed by atoms with Gasteiger partial charge in [0.25, 0.3) is 5.69 Å². The molecule has 2 amide bonds. The van der Waals surface area contributed by atoms with E-state index in [2.05, 4.69) is 28.6 Å². The van der Waals surface area contributed by atoms with Gasteiger partial charge in [0.2, 0.25) is 11.8 Å². The summed E-state index contributed by atoms with van der Waals surface area (Å²) in [6.07, 6.45) is 0.0899. The summed E-state index contributed by atoms with van der Waals surface area (Å²) in [5, 5.41) is 27.3. The molecular weight excluding hydrogens is 520 g/mol. The molecule has 0 bridgehead atoms. The van der Waals surface area contributed by atoms with E-state index in [4.69, 9.17) is 4.74 Å². The Bertz CT molecular complexity index is 1280. The maximum Gasteiger partial charge on any atom is 0.335 e. The summed E-state index contributed by atoms with van der Waals surface area (Å²) in [6.45, 7) is 1.17. The zero-order valence-electron chi connectivity index (χ0n) is 20.0. The van der Waals surface area contributed by atoms with Crippen molar-refractivity contribution in [2.45, 2.75) is 26.0 Å². The molecule has 2 aromatic rings. The number of hydrogen-bond donors (Lipinski definition) is 5. The van der Waals surface area contributed by atoms with Crippen molar-refractivity contribution in [1.82, 2.24) is 5.32 Å². The standard InChI is InChI=1S/C24H24N4O9S/c1-12(29)26-16-6-14(22(31)32)7-17(9-16)27-21(30)19-8-15(10-25-19)20(24(34)38)23(33)37-11-13-2-4-18(5-3-13)28(35)36/h2-7,9,15,19-20,25H,8,10-11H2,1H3,(H,26,29)(H,27,30)(H,31,32)(H,34,38)/t15-,19+,20?/m1/s1. The molecule has 3 atom stereocenters. The van der Waals surface area contributed by atoms with E-state index in [0.717, 1.165) is 0 Å². The Hall–Kier alpha value is -4.30. The molecule has 1 fully saturated rings. The minimum absolute atomic E-state index is 0.0899. The first kappa shape index (κ1) is 28.3. The van der Waals surface area contributed by atoms with Gasteiger partial charge >= 0.3 is 11.9 Å². The van der Waals surface area contributed by atoms with E-state index in [-0.39, 0.29) is 42.2 Å². The van der Waals surface area contributed by atoms with Crippen LogP contribution < -0.4 is 16.0 Å². The number of carbonyl (C=O) groups excluding carboxylic acids is 4. The number of nitrogens with zero attached hydrogens (tertiary/aromatic N) is 1. The molecule has 0 saturated carbocycles. The molecule has 1 unspecified atom stereocenters.